The van der Waals surface area contributed by atoms with E-state index in [0.717, 1.165) is 0 Å². The standard InChI is InChI=1S/2C2H7O4P.4K/c2*3-1-2-7(4,5)6;;;;/h2*3H,1-2H2,(H2,4,5,6);;;;/q;;4*+1/p-4. The Labute approximate surface area is 276 Å². The van der Waals surface area contributed by atoms with Crippen LogP contribution in [0.15, 0.2) is 0 Å². The number of aliphatic hydroxyl groups is 2. The van der Waals surface area contributed by atoms with E-state index >= 15 is 0 Å². The summed E-state index contributed by atoms with van der Waals surface area (Å²) in [6.45, 7) is -1.16. The Morgan fingerprint density at radius 1 is 0.667 bits per heavy atom. The van der Waals surface area contributed by atoms with Crippen LogP contribution in [0.4, 0.5) is 0 Å². The Hall–Kier alpha value is 6.77. The quantitative estimate of drug-likeness (QED) is 0.344. The molecule has 14 heteroatoms. The fraction of sp³-hybridized carbons (Fsp3) is 1.00. The van der Waals surface area contributed by atoms with Gasteiger partial charge in [0, 0.05) is 13.2 Å². The predicted molar refractivity (Wildman–Crippen MR) is 39.1 cm³/mol. The molecule has 8 nitrogen and oxygen atoms in total. The predicted octanol–water partition coefficient (Wildman–Crippen LogP) is -16.2. The van der Waals surface area contributed by atoms with Gasteiger partial charge in [0.05, 0.1) is 0 Å². The van der Waals surface area contributed by atoms with Gasteiger partial charge in [-0.25, -0.2) is 0 Å². The van der Waals surface area contributed by atoms with Gasteiger partial charge in [0.2, 0.25) is 0 Å². The third-order valence-electron chi connectivity index (χ3n) is 0.748. The zero-order valence-corrected chi connectivity index (χ0v) is 25.3. The van der Waals surface area contributed by atoms with E-state index in [-0.39, 0.29) is 206 Å². The number of hydrogen-bond acceptors (Lipinski definition) is 8. The van der Waals surface area contributed by atoms with Gasteiger partial charge in [-0.15, -0.1) is 0 Å². The van der Waals surface area contributed by atoms with Crippen LogP contribution in [-0.4, -0.2) is 35.8 Å². The SMILES string of the molecule is O=P([O-])([O-])CCO.O=P([O-])([O-])CCO.[K+].[K+].[K+].[K+]. The van der Waals surface area contributed by atoms with Crippen molar-refractivity contribution in [3.8, 4) is 0 Å². The molecular weight excluding hydrogens is 394 g/mol. The van der Waals surface area contributed by atoms with Crippen LogP contribution in [0, 0.1) is 0 Å². The van der Waals surface area contributed by atoms with Crippen molar-refractivity contribution in [1.82, 2.24) is 0 Å². The van der Waals surface area contributed by atoms with Crippen LogP contribution in [0.25, 0.3) is 0 Å². The van der Waals surface area contributed by atoms with Crippen LogP contribution in [-0.2, 0) is 9.13 Å². The molecule has 2 N–H and O–H groups in total. The van der Waals surface area contributed by atoms with Crippen LogP contribution >= 0.6 is 15.2 Å². The molecule has 0 amide bonds. The van der Waals surface area contributed by atoms with Gasteiger partial charge in [0.1, 0.15) is 0 Å². The van der Waals surface area contributed by atoms with Gasteiger partial charge >= 0.3 is 206 Å². The second kappa shape index (κ2) is 23.8. The van der Waals surface area contributed by atoms with Gasteiger partial charge in [0.25, 0.3) is 0 Å². The van der Waals surface area contributed by atoms with E-state index in [2.05, 4.69) is 0 Å². The van der Waals surface area contributed by atoms with Crippen molar-refractivity contribution in [2.24, 2.45) is 0 Å². The molecule has 18 heavy (non-hydrogen) atoms. The fourth-order valence-electron chi connectivity index (χ4n) is 0.245. The van der Waals surface area contributed by atoms with Crippen molar-refractivity contribution in [1.29, 1.82) is 0 Å². The molecule has 88 valence electrons. The van der Waals surface area contributed by atoms with Crippen molar-refractivity contribution in [2.75, 3.05) is 25.5 Å². The third-order valence-corrected chi connectivity index (χ3v) is 2.24. The molecule has 0 aromatic heterocycles. The molecule has 0 aliphatic rings. The van der Waals surface area contributed by atoms with E-state index in [0.29, 0.717) is 0 Å². The molecule has 0 aliphatic carbocycles. The van der Waals surface area contributed by atoms with Crippen molar-refractivity contribution in [3.63, 3.8) is 0 Å². The monoisotopic (exact) mass is 404 g/mol. The molecule has 0 saturated heterocycles. The second-order valence-corrected chi connectivity index (χ2v) is 5.45. The van der Waals surface area contributed by atoms with Crippen LogP contribution in [0.1, 0.15) is 0 Å². The number of aliphatic hydroxyl groups excluding tert-OH is 2. The van der Waals surface area contributed by atoms with Crippen molar-refractivity contribution >= 4 is 15.2 Å². The average molecular weight is 404 g/mol. The fourth-order valence-corrected chi connectivity index (χ4v) is 0.735. The summed E-state index contributed by atoms with van der Waals surface area (Å²) in [4.78, 5) is 38.2. The molecule has 0 spiro atoms. The molecule has 0 aromatic rings. The maximum atomic E-state index is 9.54. The topological polar surface area (TPSA) is 167 Å². The van der Waals surface area contributed by atoms with Crippen molar-refractivity contribution in [2.45, 2.75) is 0 Å². The second-order valence-electron chi connectivity index (χ2n) is 2.12. The Bertz CT molecular complexity index is 205. The van der Waals surface area contributed by atoms with Gasteiger partial charge in [0.15, 0.2) is 0 Å². The summed E-state index contributed by atoms with van der Waals surface area (Å²) in [5.74, 6) is 0. The molecule has 0 fully saturated rings. The Morgan fingerprint density at radius 2 is 0.833 bits per heavy atom. The molecule has 0 bridgehead atoms. The van der Waals surface area contributed by atoms with Gasteiger partial charge in [-0.05, 0) is 12.3 Å². The van der Waals surface area contributed by atoms with Crippen LogP contribution in [0.2, 0.25) is 0 Å². The third kappa shape index (κ3) is 49.5. The first-order valence-corrected chi connectivity index (χ1v) is 6.82. The van der Waals surface area contributed by atoms with Gasteiger partial charge < -0.3 is 38.9 Å². The van der Waals surface area contributed by atoms with Gasteiger partial charge in [-0.1, -0.05) is 15.2 Å². The Balaban J connectivity index is -0.0000000327. The summed E-state index contributed by atoms with van der Waals surface area (Å²) in [5.41, 5.74) is 0. The maximum Gasteiger partial charge on any atom is 1.00 e. The Morgan fingerprint density at radius 3 is 0.833 bits per heavy atom. The first-order valence-electron chi connectivity index (χ1n) is 3.36. The zero-order chi connectivity index (χ0) is 11.8. The minimum atomic E-state index is -4.42. The molecule has 0 radical (unpaired) electrons. The van der Waals surface area contributed by atoms with E-state index in [1.165, 1.54) is 0 Å². The minimum Gasteiger partial charge on any atom is -0.811 e. The molecule has 0 heterocycles. The summed E-state index contributed by atoms with van der Waals surface area (Å²) >= 11 is 0. The number of hydrogen-bond donors (Lipinski definition) is 2. The van der Waals surface area contributed by atoms with E-state index in [9.17, 15) is 28.7 Å². The first kappa shape index (κ1) is 39.7. The molecule has 0 aromatic carbocycles. The van der Waals surface area contributed by atoms with Crippen LogP contribution < -0.4 is 225 Å². The first-order chi connectivity index (χ1) is 6.12. The maximum absolute atomic E-state index is 9.54. The van der Waals surface area contributed by atoms with Gasteiger partial charge in [-0.3, -0.25) is 0 Å². The smallest absolute Gasteiger partial charge is 0.811 e. The zero-order valence-electron chi connectivity index (χ0n) is 11.1. The summed E-state index contributed by atoms with van der Waals surface area (Å²) in [6, 6.07) is 0. The van der Waals surface area contributed by atoms with E-state index < -0.39 is 40.7 Å². The molecule has 0 unspecified atom stereocenters. The molecule has 0 rings (SSSR count). The summed E-state index contributed by atoms with van der Waals surface area (Å²) in [7, 11) is -8.83. The molecular formula is C4H10K4O8P2. The van der Waals surface area contributed by atoms with Crippen LogP contribution in [0.5, 0.6) is 0 Å². The van der Waals surface area contributed by atoms with E-state index in [1.807, 2.05) is 0 Å². The summed E-state index contributed by atoms with van der Waals surface area (Å²) in [5, 5.41) is 15.7. The van der Waals surface area contributed by atoms with Crippen LogP contribution in [0.3, 0.4) is 0 Å². The molecule has 0 saturated carbocycles. The minimum absolute atomic E-state index is 0. The molecule has 0 atom stereocenters. The Kier molecular flexibility index (Phi) is 52.4. The summed E-state index contributed by atoms with van der Waals surface area (Å²) in [6.07, 6.45) is -1.32. The van der Waals surface area contributed by atoms with Crippen molar-refractivity contribution < 1.29 is 244 Å². The largest absolute Gasteiger partial charge is 1.00 e. The van der Waals surface area contributed by atoms with E-state index in [1.54, 1.807) is 0 Å². The molecule has 0 aliphatic heterocycles. The summed E-state index contributed by atoms with van der Waals surface area (Å²) < 4.78 is 19.1. The normalized spacial score (nSPS) is 9.22. The average Bonchev–Trinajstić information content (AvgIpc) is 1.81. The van der Waals surface area contributed by atoms with Crippen molar-refractivity contribution in [3.05, 3.63) is 0 Å². The van der Waals surface area contributed by atoms with Gasteiger partial charge in [-0.2, -0.15) is 0 Å². The van der Waals surface area contributed by atoms with E-state index in [4.69, 9.17) is 10.2 Å². The number of rotatable bonds is 4.